The van der Waals surface area contributed by atoms with Gasteiger partial charge in [0.25, 0.3) is 0 Å². The molecule has 1 aliphatic rings. The van der Waals surface area contributed by atoms with E-state index < -0.39 is 0 Å². The monoisotopic (exact) mass is 256 g/mol. The molecular formula is C12H22BBr. The molecule has 0 amide bonds. The first-order chi connectivity index (χ1) is 6.71. The van der Waals surface area contributed by atoms with Gasteiger partial charge in [0.15, 0.2) is 0 Å². The highest BCUT2D eigenvalue weighted by atomic mass is 79.9. The molecule has 0 atom stereocenters. The van der Waals surface area contributed by atoms with Gasteiger partial charge >= 0.3 is 0 Å². The fourth-order valence-electron chi connectivity index (χ4n) is 2.20. The minimum atomic E-state index is -0.0633. The first-order valence-electron chi connectivity index (χ1n) is 6.18. The summed E-state index contributed by atoms with van der Waals surface area (Å²) in [5, 5.41) is 0. The Morgan fingerprint density at radius 1 is 0.643 bits per heavy atom. The van der Waals surface area contributed by atoms with Gasteiger partial charge in [-0.05, 0) is 17.1 Å². The normalized spacial score (nSPS) is 26.1. The SMILES string of the molecule is [B]C1(Br)CCCCCCCCCCC1. The van der Waals surface area contributed by atoms with Crippen molar-refractivity contribution < 1.29 is 0 Å². The maximum atomic E-state index is 6.17. The highest BCUT2D eigenvalue weighted by molar-refractivity contribution is 9.10. The predicted octanol–water partition coefficient (Wildman–Crippen LogP) is 4.55. The van der Waals surface area contributed by atoms with Crippen LogP contribution in [0.3, 0.4) is 0 Å². The molecule has 2 heteroatoms. The summed E-state index contributed by atoms with van der Waals surface area (Å²) in [7, 11) is 6.17. The molecule has 0 spiro atoms. The van der Waals surface area contributed by atoms with Crippen molar-refractivity contribution in [3.63, 3.8) is 0 Å². The molecule has 2 radical (unpaired) electrons. The van der Waals surface area contributed by atoms with Gasteiger partial charge in [-0.1, -0.05) is 73.7 Å². The highest BCUT2D eigenvalue weighted by Crippen LogP contribution is 2.29. The van der Waals surface area contributed by atoms with Gasteiger partial charge in [0.2, 0.25) is 0 Å². The topological polar surface area (TPSA) is 0 Å². The van der Waals surface area contributed by atoms with Crippen molar-refractivity contribution in [1.29, 1.82) is 0 Å². The van der Waals surface area contributed by atoms with Gasteiger partial charge in [0, 0.05) is 0 Å². The van der Waals surface area contributed by atoms with Crippen LogP contribution in [0.2, 0.25) is 0 Å². The molecule has 0 aliphatic heterocycles. The van der Waals surface area contributed by atoms with Gasteiger partial charge in [-0.15, -0.1) is 0 Å². The lowest BCUT2D eigenvalue weighted by atomic mass is 9.78. The average molecular weight is 257 g/mol. The van der Waals surface area contributed by atoms with Crippen molar-refractivity contribution in [1.82, 2.24) is 0 Å². The average Bonchev–Trinajstić information content (AvgIpc) is 2.11. The Bertz CT molecular complexity index is 131. The molecule has 0 aromatic rings. The van der Waals surface area contributed by atoms with E-state index in [0.29, 0.717) is 0 Å². The van der Waals surface area contributed by atoms with Gasteiger partial charge < -0.3 is 0 Å². The van der Waals surface area contributed by atoms with Crippen LogP contribution in [0.5, 0.6) is 0 Å². The number of alkyl halides is 1. The number of hydrogen-bond donors (Lipinski definition) is 0. The van der Waals surface area contributed by atoms with Crippen molar-refractivity contribution in [3.8, 4) is 0 Å². The van der Waals surface area contributed by atoms with E-state index in [0.717, 1.165) is 12.8 Å². The highest BCUT2D eigenvalue weighted by Gasteiger charge is 2.18. The number of hydrogen-bond acceptors (Lipinski definition) is 0. The summed E-state index contributed by atoms with van der Waals surface area (Å²) in [5.41, 5.74) is 0. The second-order valence-corrected chi connectivity index (χ2v) is 6.30. The van der Waals surface area contributed by atoms with Gasteiger partial charge in [0.05, 0.1) is 7.85 Å². The quantitative estimate of drug-likeness (QED) is 0.441. The summed E-state index contributed by atoms with van der Waals surface area (Å²) >= 11 is 3.66. The molecule has 1 fully saturated rings. The zero-order valence-electron chi connectivity index (χ0n) is 9.23. The maximum absolute atomic E-state index is 6.17. The molecule has 0 saturated heterocycles. The molecule has 0 N–H and O–H groups in total. The lowest BCUT2D eigenvalue weighted by Crippen LogP contribution is -2.20. The Morgan fingerprint density at radius 2 is 0.929 bits per heavy atom. The third kappa shape index (κ3) is 6.11. The van der Waals surface area contributed by atoms with Crippen LogP contribution in [0, 0.1) is 0 Å². The van der Waals surface area contributed by atoms with E-state index in [1.807, 2.05) is 0 Å². The predicted molar refractivity (Wildman–Crippen MR) is 68.2 cm³/mol. The van der Waals surface area contributed by atoms with Crippen LogP contribution in [0.25, 0.3) is 0 Å². The van der Waals surface area contributed by atoms with Crippen LogP contribution in [0.4, 0.5) is 0 Å². The Labute approximate surface area is 98.8 Å². The summed E-state index contributed by atoms with van der Waals surface area (Å²) in [6.07, 6.45) is 14.7. The zero-order valence-corrected chi connectivity index (χ0v) is 10.8. The van der Waals surface area contributed by atoms with E-state index in [4.69, 9.17) is 7.85 Å². The minimum absolute atomic E-state index is 0.0633. The smallest absolute Gasteiger partial charge is 0.0901 e. The minimum Gasteiger partial charge on any atom is -0.0960 e. The van der Waals surface area contributed by atoms with E-state index in [1.54, 1.807) is 0 Å². The third-order valence-corrected chi connectivity index (χ3v) is 3.98. The molecule has 0 aromatic heterocycles. The lowest BCUT2D eigenvalue weighted by Gasteiger charge is -2.23. The van der Waals surface area contributed by atoms with Gasteiger partial charge in [0.1, 0.15) is 0 Å². The largest absolute Gasteiger partial charge is 0.0960 e. The standard InChI is InChI=1S/C12H22BBr/c13-12(14)10-8-6-4-2-1-3-5-7-9-11-12/h1-11H2. The van der Waals surface area contributed by atoms with E-state index in [-0.39, 0.29) is 4.22 Å². The summed E-state index contributed by atoms with van der Waals surface area (Å²) in [6, 6.07) is 0. The Kier molecular flexibility index (Phi) is 6.24. The molecule has 0 unspecified atom stereocenters. The van der Waals surface area contributed by atoms with Crippen molar-refractivity contribution in [3.05, 3.63) is 0 Å². The third-order valence-electron chi connectivity index (χ3n) is 3.18. The molecule has 0 aromatic carbocycles. The van der Waals surface area contributed by atoms with E-state index in [9.17, 15) is 0 Å². The van der Waals surface area contributed by atoms with Crippen molar-refractivity contribution in [2.24, 2.45) is 0 Å². The molecule has 0 heterocycles. The van der Waals surface area contributed by atoms with Crippen molar-refractivity contribution >= 4 is 23.8 Å². The Balaban J connectivity index is 2.24. The van der Waals surface area contributed by atoms with Crippen molar-refractivity contribution in [2.45, 2.75) is 74.9 Å². The van der Waals surface area contributed by atoms with Crippen LogP contribution in [-0.4, -0.2) is 12.1 Å². The summed E-state index contributed by atoms with van der Waals surface area (Å²) in [6.45, 7) is 0. The maximum Gasteiger partial charge on any atom is 0.0901 e. The molecule has 1 aliphatic carbocycles. The summed E-state index contributed by atoms with van der Waals surface area (Å²) in [5.74, 6) is 0. The van der Waals surface area contributed by atoms with Crippen LogP contribution in [0.1, 0.15) is 70.6 Å². The lowest BCUT2D eigenvalue weighted by molar-refractivity contribution is 0.497. The first kappa shape index (κ1) is 12.6. The summed E-state index contributed by atoms with van der Waals surface area (Å²) in [4.78, 5) is 0. The molecule has 1 saturated carbocycles. The fraction of sp³-hybridized carbons (Fsp3) is 1.00. The number of rotatable bonds is 0. The van der Waals surface area contributed by atoms with E-state index in [1.165, 1.54) is 57.8 Å². The molecule has 0 nitrogen and oxygen atoms in total. The molecular weight excluding hydrogens is 235 g/mol. The first-order valence-corrected chi connectivity index (χ1v) is 6.98. The second-order valence-electron chi connectivity index (χ2n) is 4.72. The van der Waals surface area contributed by atoms with Gasteiger partial charge in [-0.25, -0.2) is 0 Å². The molecule has 14 heavy (non-hydrogen) atoms. The second kappa shape index (κ2) is 6.92. The summed E-state index contributed by atoms with van der Waals surface area (Å²) < 4.78 is -0.0633. The van der Waals surface area contributed by atoms with Crippen LogP contribution >= 0.6 is 15.9 Å². The molecule has 1 rings (SSSR count). The molecule has 80 valence electrons. The molecule has 0 bridgehead atoms. The fourth-order valence-corrected chi connectivity index (χ4v) is 2.76. The van der Waals surface area contributed by atoms with E-state index >= 15 is 0 Å². The van der Waals surface area contributed by atoms with Crippen molar-refractivity contribution in [2.75, 3.05) is 0 Å². The Morgan fingerprint density at radius 3 is 1.29 bits per heavy atom. The number of halogens is 1. The van der Waals surface area contributed by atoms with E-state index in [2.05, 4.69) is 15.9 Å². The van der Waals surface area contributed by atoms with Crippen LogP contribution in [-0.2, 0) is 0 Å². The van der Waals surface area contributed by atoms with Crippen LogP contribution < -0.4 is 0 Å². The van der Waals surface area contributed by atoms with Gasteiger partial charge in [-0.3, -0.25) is 0 Å². The van der Waals surface area contributed by atoms with Gasteiger partial charge in [-0.2, -0.15) is 0 Å². The van der Waals surface area contributed by atoms with Crippen LogP contribution in [0.15, 0.2) is 0 Å². The Hall–Kier alpha value is 0.545. The zero-order chi connectivity index (χ0) is 10.3.